The minimum Gasteiger partial charge on any atom is -0.384 e. The molecule has 9 nitrogen and oxygen atoms in total. The zero-order chi connectivity index (χ0) is 23.6. The van der Waals surface area contributed by atoms with Crippen LogP contribution in [0.1, 0.15) is 45.2 Å². The Morgan fingerprint density at radius 1 is 1.16 bits per heavy atom. The molecule has 0 aliphatic heterocycles. The lowest BCUT2D eigenvalue weighted by Gasteiger charge is -2.19. The Morgan fingerprint density at radius 2 is 1.88 bits per heavy atom. The smallest absolute Gasteiger partial charge is 0.333 e. The number of carbonyl (C=O) groups is 1. The summed E-state index contributed by atoms with van der Waals surface area (Å²) in [6.07, 6.45) is 2.98. The maximum Gasteiger partial charge on any atom is 0.333 e. The molecule has 11 heteroatoms. The van der Waals surface area contributed by atoms with Gasteiger partial charge in [0, 0.05) is 24.0 Å². The molecule has 2 aromatic heterocycles. The van der Waals surface area contributed by atoms with Crippen molar-refractivity contribution in [2.24, 2.45) is 0 Å². The Hall–Kier alpha value is -3.47. The largest absolute Gasteiger partial charge is 0.384 e. The first-order valence-electron chi connectivity index (χ1n) is 9.92. The number of nitrogen functional groups attached to an aromatic ring is 1. The summed E-state index contributed by atoms with van der Waals surface area (Å²) in [5.41, 5.74) is 7.39. The van der Waals surface area contributed by atoms with Crippen LogP contribution in [-0.2, 0) is 10.0 Å². The van der Waals surface area contributed by atoms with Gasteiger partial charge in [0.25, 0.3) is 10.0 Å². The molecule has 0 aliphatic carbocycles. The number of amides is 2. The second-order valence-electron chi connectivity index (χ2n) is 7.83. The zero-order valence-corrected chi connectivity index (χ0v) is 18.9. The van der Waals surface area contributed by atoms with Crippen molar-refractivity contribution in [2.45, 2.75) is 44.7 Å². The summed E-state index contributed by atoms with van der Waals surface area (Å²) < 4.78 is 43.0. The number of nitrogens with zero attached hydrogens (tertiary/aromatic N) is 3. The lowest BCUT2D eigenvalue weighted by Crippen LogP contribution is -2.35. The minimum atomic E-state index is -4.22. The van der Waals surface area contributed by atoms with E-state index in [1.807, 2.05) is 32.4 Å². The van der Waals surface area contributed by atoms with Crippen molar-refractivity contribution in [2.75, 3.05) is 11.1 Å². The third-order valence-electron chi connectivity index (χ3n) is 4.70. The number of anilines is 2. The van der Waals surface area contributed by atoms with Gasteiger partial charge in [0.1, 0.15) is 11.6 Å². The first kappa shape index (κ1) is 23.2. The SMILES string of the molecule is CC(C)c1cc(F)cc(-c2ccnc(N)c2)c1NC(=O)NS(=O)(=O)c1ccn(C(C)C)n1. The van der Waals surface area contributed by atoms with Gasteiger partial charge in [-0.2, -0.15) is 13.5 Å². The molecular formula is C21H25FN6O3S. The summed E-state index contributed by atoms with van der Waals surface area (Å²) in [5, 5.41) is 6.27. The lowest BCUT2D eigenvalue weighted by atomic mass is 9.94. The van der Waals surface area contributed by atoms with E-state index in [-0.39, 0.29) is 28.5 Å². The highest BCUT2D eigenvalue weighted by Crippen LogP contribution is 2.36. The Kier molecular flexibility index (Phi) is 6.49. The third kappa shape index (κ3) is 5.05. The van der Waals surface area contributed by atoms with Crippen LogP contribution in [0.25, 0.3) is 11.1 Å². The summed E-state index contributed by atoms with van der Waals surface area (Å²) in [6.45, 7) is 7.35. The van der Waals surface area contributed by atoms with E-state index < -0.39 is 21.9 Å². The maximum atomic E-state index is 14.4. The van der Waals surface area contributed by atoms with Crippen molar-refractivity contribution in [3.8, 4) is 11.1 Å². The Labute approximate surface area is 185 Å². The quantitative estimate of drug-likeness (QED) is 0.511. The molecule has 1 aromatic carbocycles. The van der Waals surface area contributed by atoms with E-state index in [0.717, 1.165) is 0 Å². The fraction of sp³-hybridized carbons (Fsp3) is 0.286. The molecule has 0 radical (unpaired) electrons. The number of sulfonamides is 1. The Morgan fingerprint density at radius 3 is 2.47 bits per heavy atom. The molecule has 32 heavy (non-hydrogen) atoms. The van der Waals surface area contributed by atoms with Crippen molar-refractivity contribution in [1.82, 2.24) is 19.5 Å². The average Bonchev–Trinajstić information content (AvgIpc) is 3.20. The fourth-order valence-electron chi connectivity index (χ4n) is 3.13. The van der Waals surface area contributed by atoms with E-state index in [4.69, 9.17) is 5.73 Å². The normalized spacial score (nSPS) is 11.7. The second kappa shape index (κ2) is 8.95. The number of nitrogens with one attached hydrogen (secondary N) is 2. The van der Waals surface area contributed by atoms with Gasteiger partial charge in [0.05, 0.1) is 5.69 Å². The minimum absolute atomic E-state index is 0.0454. The van der Waals surface area contributed by atoms with Crippen LogP contribution < -0.4 is 15.8 Å². The van der Waals surface area contributed by atoms with Crippen LogP contribution in [-0.4, -0.2) is 29.2 Å². The van der Waals surface area contributed by atoms with Gasteiger partial charge in [-0.25, -0.2) is 18.9 Å². The number of nitrogens with two attached hydrogens (primary N) is 1. The predicted molar refractivity (Wildman–Crippen MR) is 120 cm³/mol. The number of rotatable bonds is 6. The van der Waals surface area contributed by atoms with Crippen LogP contribution in [0.15, 0.2) is 47.8 Å². The molecule has 0 spiro atoms. The molecule has 0 saturated carbocycles. The second-order valence-corrected chi connectivity index (χ2v) is 9.46. The molecule has 4 N–H and O–H groups in total. The molecule has 0 saturated heterocycles. The molecular weight excluding hydrogens is 435 g/mol. The van der Waals surface area contributed by atoms with Crippen molar-refractivity contribution in [3.05, 3.63) is 54.1 Å². The fourth-order valence-corrected chi connectivity index (χ4v) is 3.97. The Balaban J connectivity index is 1.97. The van der Waals surface area contributed by atoms with E-state index in [1.54, 1.807) is 6.07 Å². The Bertz CT molecular complexity index is 1250. The molecule has 2 amide bonds. The van der Waals surface area contributed by atoms with Crippen LogP contribution in [0.3, 0.4) is 0 Å². The zero-order valence-electron chi connectivity index (χ0n) is 18.1. The summed E-state index contributed by atoms with van der Waals surface area (Å²) in [7, 11) is -4.22. The number of carbonyl (C=O) groups excluding carboxylic acids is 1. The molecule has 0 atom stereocenters. The highest BCUT2D eigenvalue weighted by Gasteiger charge is 2.23. The van der Waals surface area contributed by atoms with Gasteiger partial charge in [-0.15, -0.1) is 0 Å². The highest BCUT2D eigenvalue weighted by atomic mass is 32.2. The number of hydrogen-bond acceptors (Lipinski definition) is 6. The van der Waals surface area contributed by atoms with Crippen LogP contribution in [0.5, 0.6) is 0 Å². The predicted octanol–water partition coefficient (Wildman–Crippen LogP) is 3.88. The highest BCUT2D eigenvalue weighted by molar-refractivity contribution is 7.90. The lowest BCUT2D eigenvalue weighted by molar-refractivity contribution is 0.256. The van der Waals surface area contributed by atoms with E-state index in [0.29, 0.717) is 16.7 Å². The van der Waals surface area contributed by atoms with E-state index in [2.05, 4.69) is 15.4 Å². The molecule has 0 bridgehead atoms. The molecule has 3 aromatic rings. The molecule has 0 aliphatic rings. The van der Waals surface area contributed by atoms with Gasteiger partial charge in [-0.05, 0) is 61.2 Å². The summed E-state index contributed by atoms with van der Waals surface area (Å²) in [6, 6.07) is 5.96. The summed E-state index contributed by atoms with van der Waals surface area (Å²) in [4.78, 5) is 16.6. The van der Waals surface area contributed by atoms with Crippen molar-refractivity contribution >= 4 is 27.6 Å². The number of benzene rings is 1. The first-order valence-corrected chi connectivity index (χ1v) is 11.4. The summed E-state index contributed by atoms with van der Waals surface area (Å²) in [5.74, 6) is -0.453. The van der Waals surface area contributed by atoms with Crippen LogP contribution in [0.2, 0.25) is 0 Å². The monoisotopic (exact) mass is 460 g/mol. The van der Waals surface area contributed by atoms with E-state index >= 15 is 0 Å². The third-order valence-corrected chi connectivity index (χ3v) is 5.92. The van der Waals surface area contributed by atoms with Crippen molar-refractivity contribution in [1.29, 1.82) is 0 Å². The van der Waals surface area contributed by atoms with Gasteiger partial charge in [0.2, 0.25) is 0 Å². The van der Waals surface area contributed by atoms with Crippen LogP contribution in [0, 0.1) is 5.82 Å². The topological polar surface area (TPSA) is 132 Å². The number of halogens is 1. The van der Waals surface area contributed by atoms with Crippen LogP contribution >= 0.6 is 0 Å². The number of pyridine rings is 1. The molecule has 170 valence electrons. The summed E-state index contributed by atoms with van der Waals surface area (Å²) >= 11 is 0. The molecule has 0 unspecified atom stereocenters. The molecule has 3 rings (SSSR count). The van der Waals surface area contributed by atoms with E-state index in [1.165, 1.54) is 41.3 Å². The molecule has 2 heterocycles. The maximum absolute atomic E-state index is 14.4. The van der Waals surface area contributed by atoms with Gasteiger partial charge in [-0.1, -0.05) is 13.8 Å². The van der Waals surface area contributed by atoms with Gasteiger partial charge >= 0.3 is 6.03 Å². The van der Waals surface area contributed by atoms with Crippen molar-refractivity contribution in [3.63, 3.8) is 0 Å². The van der Waals surface area contributed by atoms with Gasteiger partial charge in [0.15, 0.2) is 5.03 Å². The standard InChI is InChI=1S/C21H25FN6O3S/c1-12(2)16-10-15(22)11-17(14-5-7-24-18(23)9-14)20(16)25-21(29)27-32(30,31)19-6-8-28(26-19)13(3)4/h5-13H,1-4H3,(H2,23,24)(H2,25,27,29). The number of aromatic nitrogens is 3. The number of urea groups is 1. The van der Waals surface area contributed by atoms with Crippen LogP contribution in [0.4, 0.5) is 20.7 Å². The average molecular weight is 461 g/mol. The number of hydrogen-bond donors (Lipinski definition) is 3. The first-order chi connectivity index (χ1) is 15.0. The van der Waals surface area contributed by atoms with Crippen molar-refractivity contribution < 1.29 is 17.6 Å². The van der Waals surface area contributed by atoms with Gasteiger partial charge < -0.3 is 11.1 Å². The molecule has 0 fully saturated rings. The van der Waals surface area contributed by atoms with Gasteiger partial charge in [-0.3, -0.25) is 4.68 Å². The van der Waals surface area contributed by atoms with E-state index in [9.17, 15) is 17.6 Å².